The van der Waals surface area contributed by atoms with Crippen molar-refractivity contribution in [1.82, 2.24) is 15.3 Å². The molecule has 9 heteroatoms. The lowest BCUT2D eigenvalue weighted by atomic mass is 10.1. The SMILES string of the molecule is O=C(NC1CCS(=O)(=O)C1)c1cc(NCCc2ccc(Cl)cc2)ncn1. The fourth-order valence-electron chi connectivity index (χ4n) is 2.73. The molecule has 1 atom stereocenters. The molecule has 0 aliphatic carbocycles. The lowest BCUT2D eigenvalue weighted by Gasteiger charge is -2.11. The molecule has 1 aliphatic heterocycles. The van der Waals surface area contributed by atoms with Crippen LogP contribution in [0.15, 0.2) is 36.7 Å². The normalized spacial score (nSPS) is 18.4. The van der Waals surface area contributed by atoms with Gasteiger partial charge in [-0.1, -0.05) is 23.7 Å². The first-order chi connectivity index (χ1) is 12.4. The zero-order valence-corrected chi connectivity index (χ0v) is 15.6. The highest BCUT2D eigenvalue weighted by Gasteiger charge is 2.29. The molecule has 138 valence electrons. The molecule has 0 spiro atoms. The Kier molecular flexibility index (Phi) is 5.73. The van der Waals surface area contributed by atoms with Crippen LogP contribution in [0.3, 0.4) is 0 Å². The van der Waals surface area contributed by atoms with Gasteiger partial charge in [-0.05, 0) is 30.5 Å². The van der Waals surface area contributed by atoms with Crippen LogP contribution in [0.1, 0.15) is 22.5 Å². The van der Waals surface area contributed by atoms with Crippen molar-refractivity contribution in [2.75, 3.05) is 23.4 Å². The minimum Gasteiger partial charge on any atom is -0.370 e. The highest BCUT2D eigenvalue weighted by atomic mass is 35.5. The highest BCUT2D eigenvalue weighted by molar-refractivity contribution is 7.91. The number of aromatic nitrogens is 2. The van der Waals surface area contributed by atoms with Crippen LogP contribution in [0.4, 0.5) is 5.82 Å². The summed E-state index contributed by atoms with van der Waals surface area (Å²) in [6, 6.07) is 8.79. The topological polar surface area (TPSA) is 101 Å². The maximum absolute atomic E-state index is 12.3. The number of amides is 1. The Morgan fingerprint density at radius 3 is 2.69 bits per heavy atom. The van der Waals surface area contributed by atoms with Crippen molar-refractivity contribution in [3.63, 3.8) is 0 Å². The van der Waals surface area contributed by atoms with E-state index < -0.39 is 15.7 Å². The third kappa shape index (κ3) is 5.15. The summed E-state index contributed by atoms with van der Waals surface area (Å²) in [6.07, 6.45) is 2.53. The van der Waals surface area contributed by atoms with Crippen LogP contribution in [0.5, 0.6) is 0 Å². The summed E-state index contributed by atoms with van der Waals surface area (Å²) in [5, 5.41) is 6.56. The lowest BCUT2D eigenvalue weighted by Crippen LogP contribution is -2.36. The highest BCUT2D eigenvalue weighted by Crippen LogP contribution is 2.13. The van der Waals surface area contributed by atoms with Gasteiger partial charge in [0.25, 0.3) is 5.91 Å². The van der Waals surface area contributed by atoms with Gasteiger partial charge >= 0.3 is 0 Å². The van der Waals surface area contributed by atoms with E-state index in [4.69, 9.17) is 11.6 Å². The van der Waals surface area contributed by atoms with Gasteiger partial charge in [0.15, 0.2) is 9.84 Å². The molecule has 1 unspecified atom stereocenters. The largest absolute Gasteiger partial charge is 0.370 e. The Labute approximate surface area is 157 Å². The quantitative estimate of drug-likeness (QED) is 0.773. The van der Waals surface area contributed by atoms with Crippen LogP contribution in [0, 0.1) is 0 Å². The molecule has 0 saturated carbocycles. The third-order valence-corrected chi connectivity index (χ3v) is 6.12. The molecule has 1 aliphatic rings. The van der Waals surface area contributed by atoms with Gasteiger partial charge in [0.1, 0.15) is 17.8 Å². The molecule has 1 saturated heterocycles. The van der Waals surface area contributed by atoms with E-state index in [1.165, 1.54) is 6.33 Å². The second kappa shape index (κ2) is 8.01. The second-order valence-electron chi connectivity index (χ2n) is 6.17. The Balaban J connectivity index is 1.54. The molecule has 0 bridgehead atoms. The molecular formula is C17H19ClN4O3S. The molecular weight excluding hydrogens is 376 g/mol. The number of nitrogens with zero attached hydrogens (tertiary/aromatic N) is 2. The first-order valence-electron chi connectivity index (χ1n) is 8.23. The van der Waals surface area contributed by atoms with Crippen LogP contribution in [0.2, 0.25) is 5.02 Å². The van der Waals surface area contributed by atoms with Gasteiger partial charge in [-0.2, -0.15) is 0 Å². The maximum Gasteiger partial charge on any atom is 0.270 e. The minimum atomic E-state index is -3.04. The van der Waals surface area contributed by atoms with Gasteiger partial charge < -0.3 is 10.6 Å². The van der Waals surface area contributed by atoms with Crippen molar-refractivity contribution in [2.24, 2.45) is 0 Å². The molecule has 26 heavy (non-hydrogen) atoms. The molecule has 2 aromatic rings. The number of carbonyl (C=O) groups is 1. The van der Waals surface area contributed by atoms with Gasteiger partial charge in [-0.3, -0.25) is 4.79 Å². The van der Waals surface area contributed by atoms with Gasteiger partial charge in [-0.25, -0.2) is 18.4 Å². The van der Waals surface area contributed by atoms with E-state index in [-0.39, 0.29) is 23.2 Å². The van der Waals surface area contributed by atoms with Crippen molar-refractivity contribution in [2.45, 2.75) is 18.9 Å². The molecule has 1 amide bonds. The maximum atomic E-state index is 12.3. The van der Waals surface area contributed by atoms with E-state index in [0.717, 1.165) is 12.0 Å². The van der Waals surface area contributed by atoms with Crippen LogP contribution in [-0.2, 0) is 16.3 Å². The Hall–Kier alpha value is -2.19. The summed E-state index contributed by atoms with van der Waals surface area (Å²) in [5.74, 6) is 0.239. The monoisotopic (exact) mass is 394 g/mol. The third-order valence-electron chi connectivity index (χ3n) is 4.10. The van der Waals surface area contributed by atoms with E-state index in [0.29, 0.717) is 23.8 Å². The fraction of sp³-hybridized carbons (Fsp3) is 0.353. The summed E-state index contributed by atoms with van der Waals surface area (Å²) in [7, 11) is -3.04. The molecule has 3 rings (SSSR count). The predicted octanol–water partition coefficient (Wildman–Crippen LogP) is 1.70. The van der Waals surface area contributed by atoms with Gasteiger partial charge in [-0.15, -0.1) is 0 Å². The fourth-order valence-corrected chi connectivity index (χ4v) is 4.53. The van der Waals surface area contributed by atoms with Crippen LogP contribution in [0.25, 0.3) is 0 Å². The number of rotatable bonds is 6. The van der Waals surface area contributed by atoms with Gasteiger partial charge in [0.05, 0.1) is 11.5 Å². The number of hydrogen-bond acceptors (Lipinski definition) is 6. The first kappa shape index (κ1) is 18.6. The van der Waals surface area contributed by atoms with Gasteiger partial charge in [0.2, 0.25) is 0 Å². The zero-order chi connectivity index (χ0) is 18.6. The number of anilines is 1. The summed E-state index contributed by atoms with van der Waals surface area (Å²) in [5.41, 5.74) is 1.34. The predicted molar refractivity (Wildman–Crippen MR) is 100 cm³/mol. The number of benzene rings is 1. The number of nitrogens with one attached hydrogen (secondary N) is 2. The second-order valence-corrected chi connectivity index (χ2v) is 8.83. The summed E-state index contributed by atoms with van der Waals surface area (Å²) < 4.78 is 22.9. The molecule has 2 N–H and O–H groups in total. The molecule has 1 aromatic carbocycles. The number of halogens is 1. The molecule has 7 nitrogen and oxygen atoms in total. The van der Waals surface area contributed by atoms with Crippen molar-refractivity contribution >= 4 is 33.2 Å². The van der Waals surface area contributed by atoms with Crippen molar-refractivity contribution < 1.29 is 13.2 Å². The van der Waals surface area contributed by atoms with Crippen molar-refractivity contribution in [1.29, 1.82) is 0 Å². The number of sulfone groups is 1. The van der Waals surface area contributed by atoms with Crippen LogP contribution in [-0.4, -0.2) is 48.4 Å². The van der Waals surface area contributed by atoms with Crippen molar-refractivity contribution in [3.05, 3.63) is 52.9 Å². The summed E-state index contributed by atoms with van der Waals surface area (Å²) >= 11 is 5.86. The molecule has 1 fully saturated rings. The Morgan fingerprint density at radius 2 is 2.00 bits per heavy atom. The summed E-state index contributed by atoms with van der Waals surface area (Å²) in [4.78, 5) is 20.3. The van der Waals surface area contributed by atoms with Crippen molar-refractivity contribution in [3.8, 4) is 0 Å². The van der Waals surface area contributed by atoms with E-state index in [1.807, 2.05) is 24.3 Å². The molecule has 2 heterocycles. The minimum absolute atomic E-state index is 0.0178. The molecule has 1 aromatic heterocycles. The lowest BCUT2D eigenvalue weighted by molar-refractivity contribution is 0.0936. The van der Waals surface area contributed by atoms with E-state index >= 15 is 0 Å². The smallest absolute Gasteiger partial charge is 0.270 e. The number of hydrogen-bond donors (Lipinski definition) is 2. The standard InChI is InChI=1S/C17H19ClN4O3S/c18-13-3-1-12(2-4-13)5-7-19-16-9-15(20-11-21-16)17(23)22-14-6-8-26(24,25)10-14/h1-4,9,11,14H,5-8,10H2,(H,22,23)(H,19,20,21). The van der Waals surface area contributed by atoms with Crippen LogP contribution < -0.4 is 10.6 Å². The first-order valence-corrected chi connectivity index (χ1v) is 10.4. The van der Waals surface area contributed by atoms with E-state index in [2.05, 4.69) is 20.6 Å². The number of carbonyl (C=O) groups excluding carboxylic acids is 1. The summed E-state index contributed by atoms with van der Waals surface area (Å²) in [6.45, 7) is 0.639. The van der Waals surface area contributed by atoms with Gasteiger partial charge in [0, 0.05) is 23.7 Å². The van der Waals surface area contributed by atoms with E-state index in [1.54, 1.807) is 6.07 Å². The average molecular weight is 395 g/mol. The van der Waals surface area contributed by atoms with Crippen LogP contribution >= 0.6 is 11.6 Å². The van der Waals surface area contributed by atoms with E-state index in [9.17, 15) is 13.2 Å². The Morgan fingerprint density at radius 1 is 1.23 bits per heavy atom. The Bertz CT molecular complexity index is 887. The average Bonchev–Trinajstić information content (AvgIpc) is 2.95. The zero-order valence-electron chi connectivity index (χ0n) is 14.0. The molecule has 0 radical (unpaired) electrons.